The van der Waals surface area contributed by atoms with E-state index < -0.39 is 0 Å². The van der Waals surface area contributed by atoms with Crippen LogP contribution in [0.4, 0.5) is 16.5 Å². The number of rotatable bonds is 6. The normalized spacial score (nSPS) is 10.6. The zero-order chi connectivity index (χ0) is 18.5. The lowest BCUT2D eigenvalue weighted by Gasteiger charge is -2.06. The van der Waals surface area contributed by atoms with Crippen molar-refractivity contribution >= 4 is 57.1 Å². The van der Waals surface area contributed by atoms with Gasteiger partial charge < -0.3 is 10.6 Å². The number of aromatic nitrogens is 2. The number of para-hydroxylation sites is 1. The lowest BCUT2D eigenvalue weighted by Crippen LogP contribution is -2.13. The summed E-state index contributed by atoms with van der Waals surface area (Å²) in [5.41, 5.74) is 3.79. The van der Waals surface area contributed by atoms with Gasteiger partial charge in [0.05, 0.1) is 5.75 Å². The number of hydrogen-bond acceptors (Lipinski definition) is 6. The molecule has 0 atom stereocenters. The van der Waals surface area contributed by atoms with Crippen molar-refractivity contribution in [1.82, 2.24) is 10.2 Å². The van der Waals surface area contributed by atoms with E-state index in [1.807, 2.05) is 50.2 Å². The van der Waals surface area contributed by atoms with Gasteiger partial charge in [-0.3, -0.25) is 4.79 Å². The average Bonchev–Trinajstić information content (AvgIpc) is 3.06. The first-order valence-electron chi connectivity index (χ1n) is 7.86. The van der Waals surface area contributed by atoms with E-state index in [1.165, 1.54) is 23.1 Å². The third-order valence-electron chi connectivity index (χ3n) is 3.58. The molecule has 0 aliphatic heterocycles. The second-order valence-corrected chi connectivity index (χ2v) is 8.22. The maximum atomic E-state index is 12.1. The Kier molecular flexibility index (Phi) is 6.13. The number of anilines is 3. The Balaban J connectivity index is 1.53. The van der Waals surface area contributed by atoms with Gasteiger partial charge in [0, 0.05) is 16.4 Å². The number of hydrogen-bond donors (Lipinski definition) is 2. The number of aryl methyl sites for hydroxylation is 2. The molecule has 3 rings (SSSR count). The summed E-state index contributed by atoms with van der Waals surface area (Å²) < 4.78 is 0.734. The van der Waals surface area contributed by atoms with Crippen LogP contribution in [0.3, 0.4) is 0 Å². The molecular weight excluding hydrogens is 388 g/mol. The van der Waals surface area contributed by atoms with Crippen LogP contribution >= 0.6 is 34.7 Å². The highest BCUT2D eigenvalue weighted by Crippen LogP contribution is 2.29. The standard InChI is InChI=1S/C18H17ClN4OS2/c1-11-7-8-13(9-14(11)19)20-16(24)10-25-18-23-22-17(26-18)21-15-6-4-3-5-12(15)2/h3-9H,10H2,1-2H3,(H,20,24)(H,21,22). The van der Waals surface area contributed by atoms with Gasteiger partial charge in [-0.25, -0.2) is 0 Å². The van der Waals surface area contributed by atoms with Crippen LogP contribution in [0.5, 0.6) is 0 Å². The Morgan fingerprint density at radius 2 is 1.96 bits per heavy atom. The number of thioether (sulfide) groups is 1. The molecule has 0 spiro atoms. The molecule has 5 nitrogen and oxygen atoms in total. The van der Waals surface area contributed by atoms with Crippen LogP contribution in [-0.4, -0.2) is 21.9 Å². The van der Waals surface area contributed by atoms with E-state index >= 15 is 0 Å². The molecule has 1 aromatic heterocycles. The van der Waals surface area contributed by atoms with Crippen LogP contribution in [-0.2, 0) is 4.79 Å². The SMILES string of the molecule is Cc1ccc(NC(=O)CSc2nnc(Nc3ccccc3C)s2)cc1Cl. The van der Waals surface area contributed by atoms with Crippen LogP contribution in [0.1, 0.15) is 11.1 Å². The van der Waals surface area contributed by atoms with Crippen molar-refractivity contribution in [3.05, 3.63) is 58.6 Å². The number of amides is 1. The molecule has 0 saturated heterocycles. The summed E-state index contributed by atoms with van der Waals surface area (Å²) in [5.74, 6) is 0.142. The highest BCUT2D eigenvalue weighted by Gasteiger charge is 2.10. The van der Waals surface area contributed by atoms with E-state index in [4.69, 9.17) is 11.6 Å². The molecule has 3 aromatic rings. The van der Waals surface area contributed by atoms with Gasteiger partial charge in [-0.2, -0.15) is 0 Å². The molecule has 0 aliphatic rings. The number of nitrogens with zero attached hydrogens (tertiary/aromatic N) is 2. The van der Waals surface area contributed by atoms with Crippen LogP contribution in [0.2, 0.25) is 5.02 Å². The molecular formula is C18H17ClN4OS2. The third-order valence-corrected chi connectivity index (χ3v) is 5.95. The van der Waals surface area contributed by atoms with Gasteiger partial charge in [-0.1, -0.05) is 59.0 Å². The topological polar surface area (TPSA) is 66.9 Å². The summed E-state index contributed by atoms with van der Waals surface area (Å²) in [7, 11) is 0. The third kappa shape index (κ3) is 4.97. The van der Waals surface area contributed by atoms with E-state index in [0.717, 1.165) is 21.2 Å². The van der Waals surface area contributed by atoms with Crippen LogP contribution in [0, 0.1) is 13.8 Å². The zero-order valence-electron chi connectivity index (χ0n) is 14.2. The molecule has 2 aromatic carbocycles. The minimum absolute atomic E-state index is 0.112. The van der Waals surface area contributed by atoms with E-state index in [-0.39, 0.29) is 11.7 Å². The van der Waals surface area contributed by atoms with E-state index in [0.29, 0.717) is 15.8 Å². The molecule has 0 aliphatic carbocycles. The van der Waals surface area contributed by atoms with Crippen molar-refractivity contribution in [2.24, 2.45) is 0 Å². The van der Waals surface area contributed by atoms with Crippen LogP contribution in [0.25, 0.3) is 0 Å². The summed E-state index contributed by atoms with van der Waals surface area (Å²) in [4.78, 5) is 12.1. The van der Waals surface area contributed by atoms with E-state index in [9.17, 15) is 4.79 Å². The quantitative estimate of drug-likeness (QED) is 0.547. The Bertz CT molecular complexity index is 929. The van der Waals surface area contributed by atoms with Gasteiger partial charge in [0.2, 0.25) is 11.0 Å². The average molecular weight is 405 g/mol. The van der Waals surface area contributed by atoms with Crippen molar-refractivity contribution in [3.63, 3.8) is 0 Å². The highest BCUT2D eigenvalue weighted by atomic mass is 35.5. The summed E-state index contributed by atoms with van der Waals surface area (Å²) in [6, 6.07) is 13.4. The van der Waals surface area contributed by atoms with Gasteiger partial charge in [0.25, 0.3) is 0 Å². The van der Waals surface area contributed by atoms with E-state index in [2.05, 4.69) is 20.8 Å². The second-order valence-electron chi connectivity index (χ2n) is 5.61. The maximum absolute atomic E-state index is 12.1. The predicted octanol–water partition coefficient (Wildman–Crippen LogP) is 5.28. The van der Waals surface area contributed by atoms with Crippen molar-refractivity contribution in [1.29, 1.82) is 0 Å². The first-order valence-corrected chi connectivity index (χ1v) is 10.0. The summed E-state index contributed by atoms with van der Waals surface area (Å²) in [6.07, 6.45) is 0. The molecule has 0 unspecified atom stereocenters. The molecule has 1 heterocycles. The monoisotopic (exact) mass is 404 g/mol. The first-order chi connectivity index (χ1) is 12.5. The maximum Gasteiger partial charge on any atom is 0.234 e. The lowest BCUT2D eigenvalue weighted by molar-refractivity contribution is -0.113. The van der Waals surface area contributed by atoms with Gasteiger partial charge in [-0.15, -0.1) is 10.2 Å². The minimum Gasteiger partial charge on any atom is -0.330 e. The summed E-state index contributed by atoms with van der Waals surface area (Å²) in [6.45, 7) is 3.95. The number of carbonyl (C=O) groups is 1. The summed E-state index contributed by atoms with van der Waals surface area (Å²) in [5, 5.41) is 15.6. The number of halogens is 1. The van der Waals surface area contributed by atoms with Gasteiger partial charge in [-0.05, 0) is 43.2 Å². The molecule has 0 radical (unpaired) electrons. The molecule has 0 fully saturated rings. The summed E-state index contributed by atoms with van der Waals surface area (Å²) >= 11 is 8.84. The molecule has 8 heteroatoms. The van der Waals surface area contributed by atoms with Crippen molar-refractivity contribution in [2.75, 3.05) is 16.4 Å². The molecule has 1 amide bonds. The fourth-order valence-corrected chi connectivity index (χ4v) is 3.89. The molecule has 26 heavy (non-hydrogen) atoms. The van der Waals surface area contributed by atoms with Crippen molar-refractivity contribution in [3.8, 4) is 0 Å². The number of carbonyl (C=O) groups excluding carboxylic acids is 1. The Labute approximate surface area is 165 Å². The Morgan fingerprint density at radius 1 is 1.15 bits per heavy atom. The van der Waals surface area contributed by atoms with Gasteiger partial charge in [0.15, 0.2) is 4.34 Å². The number of benzene rings is 2. The second kappa shape index (κ2) is 8.53. The molecule has 2 N–H and O–H groups in total. The van der Waals surface area contributed by atoms with Gasteiger partial charge in [0.1, 0.15) is 0 Å². The Hall–Kier alpha value is -2.09. The van der Waals surface area contributed by atoms with E-state index in [1.54, 1.807) is 6.07 Å². The largest absolute Gasteiger partial charge is 0.330 e. The zero-order valence-corrected chi connectivity index (χ0v) is 16.6. The van der Waals surface area contributed by atoms with Gasteiger partial charge >= 0.3 is 0 Å². The van der Waals surface area contributed by atoms with Crippen molar-refractivity contribution < 1.29 is 4.79 Å². The highest BCUT2D eigenvalue weighted by molar-refractivity contribution is 8.01. The molecule has 0 saturated carbocycles. The lowest BCUT2D eigenvalue weighted by atomic mass is 10.2. The van der Waals surface area contributed by atoms with Crippen LogP contribution in [0.15, 0.2) is 46.8 Å². The van der Waals surface area contributed by atoms with Crippen molar-refractivity contribution in [2.45, 2.75) is 18.2 Å². The number of nitrogens with one attached hydrogen (secondary N) is 2. The molecule has 0 bridgehead atoms. The smallest absolute Gasteiger partial charge is 0.234 e. The molecule has 134 valence electrons. The van der Waals surface area contributed by atoms with Crippen LogP contribution < -0.4 is 10.6 Å². The Morgan fingerprint density at radius 3 is 2.73 bits per heavy atom. The minimum atomic E-state index is -0.112. The fraction of sp³-hybridized carbons (Fsp3) is 0.167. The predicted molar refractivity (Wildman–Crippen MR) is 110 cm³/mol. The first kappa shape index (κ1) is 18.7. The fourth-order valence-electron chi connectivity index (χ4n) is 2.14.